The molecule has 0 aliphatic carbocycles. The molecule has 0 rings (SSSR count). The van der Waals surface area contributed by atoms with E-state index in [4.69, 9.17) is 11.6 Å². The summed E-state index contributed by atoms with van der Waals surface area (Å²) >= 11 is 6.02. The van der Waals surface area contributed by atoms with Gasteiger partial charge in [-0.2, -0.15) is 0 Å². The zero-order chi connectivity index (χ0) is 10.9. The summed E-state index contributed by atoms with van der Waals surface area (Å²) in [5.41, 5.74) is -0.114. The highest BCUT2D eigenvalue weighted by Crippen LogP contribution is 2.28. The van der Waals surface area contributed by atoms with E-state index in [9.17, 15) is 4.79 Å². The lowest BCUT2D eigenvalue weighted by molar-refractivity contribution is -0.108. The van der Waals surface area contributed by atoms with Gasteiger partial charge in [-0.15, -0.1) is 0 Å². The standard InChI is InChI=1S/C10H19ClOSi/c1-10(2,3)8(11)7-9(12)13(4,5)6/h7H,1-6H3/b8-7+. The summed E-state index contributed by atoms with van der Waals surface area (Å²) in [7, 11) is -1.70. The maximum Gasteiger partial charge on any atom is 0.133 e. The van der Waals surface area contributed by atoms with Crippen molar-refractivity contribution in [2.24, 2.45) is 5.41 Å². The van der Waals surface area contributed by atoms with Crippen LogP contribution in [0.1, 0.15) is 20.8 Å². The third kappa shape index (κ3) is 4.63. The van der Waals surface area contributed by atoms with Gasteiger partial charge >= 0.3 is 0 Å². The normalized spacial score (nSPS) is 14.5. The Hall–Kier alpha value is -0.0831. The minimum atomic E-state index is -1.70. The fraction of sp³-hybridized carbons (Fsp3) is 0.700. The van der Waals surface area contributed by atoms with Crippen LogP contribution in [0.3, 0.4) is 0 Å². The summed E-state index contributed by atoms with van der Waals surface area (Å²) in [6.45, 7) is 12.1. The predicted octanol–water partition coefficient (Wildman–Crippen LogP) is 3.60. The van der Waals surface area contributed by atoms with Crippen LogP contribution in [0.15, 0.2) is 11.1 Å². The minimum absolute atomic E-state index is 0.114. The summed E-state index contributed by atoms with van der Waals surface area (Å²) in [5.74, 6) is 0. The van der Waals surface area contributed by atoms with E-state index in [1.807, 2.05) is 40.4 Å². The van der Waals surface area contributed by atoms with Gasteiger partial charge in [-0.25, -0.2) is 0 Å². The average Bonchev–Trinajstić information content (AvgIpc) is 1.82. The van der Waals surface area contributed by atoms with E-state index in [1.165, 1.54) is 0 Å². The molecule has 0 N–H and O–H groups in total. The zero-order valence-corrected chi connectivity index (χ0v) is 11.1. The molecule has 0 saturated carbocycles. The van der Waals surface area contributed by atoms with Crippen LogP contribution in [0, 0.1) is 5.41 Å². The molecule has 0 fully saturated rings. The number of allylic oxidation sites excluding steroid dienone is 2. The van der Waals surface area contributed by atoms with E-state index in [0.29, 0.717) is 5.03 Å². The van der Waals surface area contributed by atoms with Crippen molar-refractivity contribution in [3.8, 4) is 0 Å². The van der Waals surface area contributed by atoms with Gasteiger partial charge in [0.2, 0.25) is 0 Å². The molecular formula is C10H19ClOSi. The Morgan fingerprint density at radius 1 is 1.23 bits per heavy atom. The van der Waals surface area contributed by atoms with E-state index in [2.05, 4.69) is 0 Å². The van der Waals surface area contributed by atoms with Gasteiger partial charge in [0.1, 0.15) is 13.5 Å². The van der Waals surface area contributed by atoms with Gasteiger partial charge in [0, 0.05) is 5.03 Å². The molecule has 0 amide bonds. The van der Waals surface area contributed by atoms with E-state index >= 15 is 0 Å². The van der Waals surface area contributed by atoms with Gasteiger partial charge in [-0.1, -0.05) is 52.0 Å². The quantitative estimate of drug-likeness (QED) is 0.511. The first-order valence-electron chi connectivity index (χ1n) is 4.47. The van der Waals surface area contributed by atoms with E-state index in [1.54, 1.807) is 6.08 Å². The Labute approximate surface area is 87.2 Å². The minimum Gasteiger partial charge on any atom is -0.301 e. The molecule has 0 spiro atoms. The zero-order valence-electron chi connectivity index (χ0n) is 9.36. The number of halogens is 1. The first kappa shape index (κ1) is 12.9. The van der Waals surface area contributed by atoms with Gasteiger partial charge in [0.05, 0.1) is 0 Å². The lowest BCUT2D eigenvalue weighted by Crippen LogP contribution is -2.32. The summed E-state index contributed by atoms with van der Waals surface area (Å²) in [4.78, 5) is 11.6. The van der Waals surface area contributed by atoms with Crippen LogP contribution >= 0.6 is 11.6 Å². The highest BCUT2D eigenvalue weighted by atomic mass is 35.5. The van der Waals surface area contributed by atoms with Crippen LogP contribution in [0.2, 0.25) is 19.6 Å². The molecule has 0 aromatic carbocycles. The Bertz CT molecular complexity index is 230. The molecule has 76 valence electrons. The molecule has 0 saturated heterocycles. The van der Waals surface area contributed by atoms with Gasteiger partial charge in [0.25, 0.3) is 0 Å². The van der Waals surface area contributed by atoms with E-state index < -0.39 is 8.07 Å². The van der Waals surface area contributed by atoms with Crippen LogP contribution in [-0.4, -0.2) is 13.5 Å². The van der Waals surface area contributed by atoms with Crippen molar-refractivity contribution in [2.75, 3.05) is 0 Å². The van der Waals surface area contributed by atoms with Crippen molar-refractivity contribution >= 4 is 25.1 Å². The Kier molecular flexibility index (Phi) is 3.94. The summed E-state index contributed by atoms with van der Waals surface area (Å²) in [6, 6.07) is 0. The summed E-state index contributed by atoms with van der Waals surface area (Å²) < 4.78 is 0. The van der Waals surface area contributed by atoms with Crippen molar-refractivity contribution in [1.82, 2.24) is 0 Å². The number of hydrogen-bond acceptors (Lipinski definition) is 1. The highest BCUT2D eigenvalue weighted by Gasteiger charge is 2.24. The van der Waals surface area contributed by atoms with Gasteiger partial charge < -0.3 is 4.79 Å². The van der Waals surface area contributed by atoms with Crippen molar-refractivity contribution < 1.29 is 4.79 Å². The number of carbonyl (C=O) groups excluding carboxylic acids is 1. The molecule has 0 aliphatic heterocycles. The van der Waals surface area contributed by atoms with Crippen molar-refractivity contribution in [2.45, 2.75) is 40.4 Å². The second-order valence-electron chi connectivity index (χ2n) is 5.36. The van der Waals surface area contributed by atoms with E-state index in [0.717, 1.165) is 0 Å². The molecule has 0 heterocycles. The molecule has 0 radical (unpaired) electrons. The molecule has 0 aromatic rings. The molecular weight excluding hydrogens is 200 g/mol. The largest absolute Gasteiger partial charge is 0.301 e. The predicted molar refractivity (Wildman–Crippen MR) is 61.7 cm³/mol. The number of rotatable bonds is 2. The van der Waals surface area contributed by atoms with Crippen LogP contribution in [0.4, 0.5) is 0 Å². The fourth-order valence-corrected chi connectivity index (χ4v) is 1.32. The second-order valence-corrected chi connectivity index (χ2v) is 10.8. The Balaban J connectivity index is 4.70. The number of hydrogen-bond donors (Lipinski definition) is 0. The van der Waals surface area contributed by atoms with Crippen molar-refractivity contribution in [3.63, 3.8) is 0 Å². The molecule has 13 heavy (non-hydrogen) atoms. The third-order valence-corrected chi connectivity index (χ3v) is 4.01. The molecule has 0 unspecified atom stereocenters. The average molecular weight is 219 g/mol. The van der Waals surface area contributed by atoms with Crippen LogP contribution in [-0.2, 0) is 4.79 Å². The van der Waals surface area contributed by atoms with Crippen molar-refractivity contribution in [3.05, 3.63) is 11.1 Å². The summed E-state index contributed by atoms with van der Waals surface area (Å²) in [5, 5.41) is 0.868. The fourth-order valence-electron chi connectivity index (χ4n) is 0.548. The van der Waals surface area contributed by atoms with E-state index in [-0.39, 0.29) is 10.8 Å². The molecule has 1 nitrogen and oxygen atoms in total. The molecule has 0 aliphatic rings. The molecule has 0 aromatic heterocycles. The number of carbonyl (C=O) groups is 1. The molecule has 0 atom stereocenters. The van der Waals surface area contributed by atoms with Crippen LogP contribution in [0.5, 0.6) is 0 Å². The van der Waals surface area contributed by atoms with Gasteiger partial charge in [0.15, 0.2) is 0 Å². The van der Waals surface area contributed by atoms with Crippen molar-refractivity contribution in [1.29, 1.82) is 0 Å². The first-order valence-corrected chi connectivity index (χ1v) is 8.35. The third-order valence-electron chi connectivity index (χ3n) is 1.71. The SMILES string of the molecule is CC(C)(C)/C(Cl)=C\C(=O)[Si](C)(C)C. The maximum atomic E-state index is 11.6. The molecule has 3 heteroatoms. The topological polar surface area (TPSA) is 17.1 Å². The highest BCUT2D eigenvalue weighted by molar-refractivity contribution is 7.05. The maximum absolute atomic E-state index is 11.6. The summed E-state index contributed by atoms with van der Waals surface area (Å²) in [6.07, 6.45) is 1.60. The smallest absolute Gasteiger partial charge is 0.133 e. The lowest BCUT2D eigenvalue weighted by atomic mass is 9.96. The Morgan fingerprint density at radius 3 is 1.85 bits per heavy atom. The van der Waals surface area contributed by atoms with Gasteiger partial charge in [-0.05, 0) is 11.5 Å². The Morgan fingerprint density at radius 2 is 1.62 bits per heavy atom. The van der Waals surface area contributed by atoms with Crippen LogP contribution < -0.4 is 0 Å². The first-order chi connectivity index (χ1) is 5.55. The monoisotopic (exact) mass is 218 g/mol. The molecule has 0 bridgehead atoms. The lowest BCUT2D eigenvalue weighted by Gasteiger charge is -2.18. The van der Waals surface area contributed by atoms with Crippen LogP contribution in [0.25, 0.3) is 0 Å². The second kappa shape index (κ2) is 3.97. The van der Waals surface area contributed by atoms with Gasteiger partial charge in [-0.3, -0.25) is 0 Å².